The predicted octanol–water partition coefficient (Wildman–Crippen LogP) is 2.76. The number of carbonyl (C=O) groups excluding carboxylic acids is 1. The van der Waals surface area contributed by atoms with Gasteiger partial charge in [-0.15, -0.1) is 0 Å². The molecule has 0 spiro atoms. The Morgan fingerprint density at radius 3 is 2.25 bits per heavy atom. The molecule has 2 N–H and O–H groups in total. The van der Waals surface area contributed by atoms with Crippen LogP contribution >= 0.6 is 0 Å². The van der Waals surface area contributed by atoms with Crippen molar-refractivity contribution in [3.63, 3.8) is 0 Å². The van der Waals surface area contributed by atoms with Crippen LogP contribution in [-0.4, -0.2) is 41.3 Å². The summed E-state index contributed by atoms with van der Waals surface area (Å²) in [6, 6.07) is 0.448. The Hall–Kier alpha value is -0.770. The maximum absolute atomic E-state index is 12.3. The molecule has 0 aromatic carbocycles. The van der Waals surface area contributed by atoms with Gasteiger partial charge >= 0.3 is 6.03 Å². The fourth-order valence-electron chi connectivity index (χ4n) is 3.39. The largest absolute Gasteiger partial charge is 0.393 e. The highest BCUT2D eigenvalue weighted by atomic mass is 16.3. The van der Waals surface area contributed by atoms with E-state index in [1.54, 1.807) is 0 Å². The fourth-order valence-corrected chi connectivity index (χ4v) is 3.39. The molecule has 0 radical (unpaired) electrons. The lowest BCUT2D eigenvalue weighted by Crippen LogP contribution is -2.49. The highest BCUT2D eigenvalue weighted by molar-refractivity contribution is 5.74. The Bertz CT molecular complexity index is 323. The number of nitrogens with one attached hydrogen (secondary N) is 1. The Morgan fingerprint density at radius 1 is 1.20 bits per heavy atom. The van der Waals surface area contributed by atoms with Gasteiger partial charge in [-0.2, -0.15) is 0 Å². The average Bonchev–Trinajstić information content (AvgIpc) is 2.41. The molecule has 1 aliphatic carbocycles. The van der Waals surface area contributed by atoms with Crippen molar-refractivity contribution in [3.8, 4) is 0 Å². The highest BCUT2D eigenvalue weighted by Gasteiger charge is 2.30. The Labute approximate surface area is 122 Å². The van der Waals surface area contributed by atoms with E-state index in [0.717, 1.165) is 38.8 Å². The van der Waals surface area contributed by atoms with Crippen molar-refractivity contribution in [1.29, 1.82) is 0 Å². The van der Waals surface area contributed by atoms with Crippen molar-refractivity contribution in [2.24, 2.45) is 11.3 Å². The maximum Gasteiger partial charge on any atom is 0.317 e. The summed E-state index contributed by atoms with van der Waals surface area (Å²) in [5.74, 6) is 0.356. The van der Waals surface area contributed by atoms with E-state index in [0.29, 0.717) is 17.4 Å². The molecule has 1 saturated heterocycles. The molecule has 4 nitrogen and oxygen atoms in total. The zero-order chi connectivity index (χ0) is 14.8. The second kappa shape index (κ2) is 6.33. The molecule has 1 unspecified atom stereocenters. The first-order valence-electron chi connectivity index (χ1n) is 8.11. The summed E-state index contributed by atoms with van der Waals surface area (Å²) < 4.78 is 0. The molecule has 20 heavy (non-hydrogen) atoms. The van der Waals surface area contributed by atoms with Crippen LogP contribution in [0, 0.1) is 11.3 Å². The second-order valence-corrected chi connectivity index (χ2v) is 7.45. The monoisotopic (exact) mass is 282 g/mol. The van der Waals surface area contributed by atoms with Crippen LogP contribution in [0.25, 0.3) is 0 Å². The maximum atomic E-state index is 12.3. The van der Waals surface area contributed by atoms with Crippen molar-refractivity contribution < 1.29 is 9.90 Å². The third-order valence-electron chi connectivity index (χ3n) is 5.18. The van der Waals surface area contributed by atoms with Gasteiger partial charge in [-0.05, 0) is 56.8 Å². The van der Waals surface area contributed by atoms with Crippen molar-refractivity contribution in [3.05, 3.63) is 0 Å². The molecule has 2 rings (SSSR count). The smallest absolute Gasteiger partial charge is 0.317 e. The number of urea groups is 1. The number of hydrogen-bond donors (Lipinski definition) is 2. The molecule has 0 aromatic rings. The van der Waals surface area contributed by atoms with E-state index in [2.05, 4.69) is 19.2 Å². The molecule has 4 heteroatoms. The SMILES string of the molecule is CC(O)C1CCN(C(=O)NC2CCC(C)(C)CC2)CC1. The number of aliphatic hydroxyl groups excluding tert-OH is 1. The Balaban J connectivity index is 1.73. The first kappa shape index (κ1) is 15.6. The third-order valence-corrected chi connectivity index (χ3v) is 5.18. The van der Waals surface area contributed by atoms with E-state index in [9.17, 15) is 9.90 Å². The predicted molar refractivity (Wildman–Crippen MR) is 80.5 cm³/mol. The number of likely N-dealkylation sites (tertiary alicyclic amines) is 1. The number of piperidine rings is 1. The van der Waals surface area contributed by atoms with Crippen LogP contribution < -0.4 is 5.32 Å². The molecule has 0 bridgehead atoms. The lowest BCUT2D eigenvalue weighted by Gasteiger charge is -2.37. The van der Waals surface area contributed by atoms with Gasteiger partial charge in [0.05, 0.1) is 6.10 Å². The molecule has 2 amide bonds. The quantitative estimate of drug-likeness (QED) is 0.818. The van der Waals surface area contributed by atoms with Gasteiger partial charge in [0.1, 0.15) is 0 Å². The Morgan fingerprint density at radius 2 is 1.75 bits per heavy atom. The molecule has 1 saturated carbocycles. The van der Waals surface area contributed by atoms with E-state index in [1.807, 2.05) is 11.8 Å². The van der Waals surface area contributed by atoms with Crippen molar-refractivity contribution in [2.75, 3.05) is 13.1 Å². The molecule has 0 aromatic heterocycles. The number of nitrogens with zero attached hydrogens (tertiary/aromatic N) is 1. The van der Waals surface area contributed by atoms with Crippen molar-refractivity contribution >= 4 is 6.03 Å². The van der Waals surface area contributed by atoms with Crippen molar-refractivity contribution in [1.82, 2.24) is 10.2 Å². The summed E-state index contributed by atoms with van der Waals surface area (Å²) in [6.45, 7) is 8.03. The molecule has 1 aliphatic heterocycles. The first-order valence-corrected chi connectivity index (χ1v) is 8.11. The zero-order valence-corrected chi connectivity index (χ0v) is 13.2. The van der Waals surface area contributed by atoms with Crippen LogP contribution in [0.5, 0.6) is 0 Å². The molecule has 2 fully saturated rings. The Kier molecular flexibility index (Phi) is 4.95. The van der Waals surface area contributed by atoms with Gasteiger partial charge in [0.25, 0.3) is 0 Å². The first-order chi connectivity index (χ1) is 9.37. The summed E-state index contributed by atoms with van der Waals surface area (Å²) in [6.07, 6.45) is 6.18. The van der Waals surface area contributed by atoms with Gasteiger partial charge in [0, 0.05) is 19.1 Å². The van der Waals surface area contributed by atoms with E-state index < -0.39 is 0 Å². The molecule has 1 atom stereocenters. The zero-order valence-electron chi connectivity index (χ0n) is 13.2. The van der Waals surface area contributed by atoms with E-state index in [4.69, 9.17) is 0 Å². The lowest BCUT2D eigenvalue weighted by molar-refractivity contribution is 0.0785. The van der Waals surface area contributed by atoms with Gasteiger partial charge in [-0.25, -0.2) is 4.79 Å². The van der Waals surface area contributed by atoms with E-state index in [-0.39, 0.29) is 12.1 Å². The number of aliphatic hydroxyl groups is 1. The van der Waals surface area contributed by atoms with Gasteiger partial charge < -0.3 is 15.3 Å². The average molecular weight is 282 g/mol. The minimum atomic E-state index is -0.249. The second-order valence-electron chi connectivity index (χ2n) is 7.45. The molecule has 1 heterocycles. The molecular formula is C16H30N2O2. The van der Waals surface area contributed by atoms with Gasteiger partial charge in [-0.1, -0.05) is 13.8 Å². The normalized spacial score (nSPS) is 26.3. The summed E-state index contributed by atoms with van der Waals surface area (Å²) in [5, 5.41) is 12.8. The fraction of sp³-hybridized carbons (Fsp3) is 0.938. The highest BCUT2D eigenvalue weighted by Crippen LogP contribution is 2.35. The molecular weight excluding hydrogens is 252 g/mol. The van der Waals surface area contributed by atoms with Crippen LogP contribution in [0.3, 0.4) is 0 Å². The van der Waals surface area contributed by atoms with Gasteiger partial charge in [0.15, 0.2) is 0 Å². The molecule has 116 valence electrons. The summed E-state index contributed by atoms with van der Waals surface area (Å²) in [4.78, 5) is 14.2. The van der Waals surface area contributed by atoms with Gasteiger partial charge in [0.2, 0.25) is 0 Å². The number of carbonyl (C=O) groups is 1. The van der Waals surface area contributed by atoms with E-state index in [1.165, 1.54) is 12.8 Å². The lowest BCUT2D eigenvalue weighted by atomic mass is 9.75. The van der Waals surface area contributed by atoms with Gasteiger partial charge in [-0.3, -0.25) is 0 Å². The van der Waals surface area contributed by atoms with E-state index >= 15 is 0 Å². The summed E-state index contributed by atoms with van der Waals surface area (Å²) >= 11 is 0. The summed E-state index contributed by atoms with van der Waals surface area (Å²) in [5.41, 5.74) is 0.441. The van der Waals surface area contributed by atoms with Crippen LogP contribution in [0.4, 0.5) is 4.79 Å². The van der Waals surface area contributed by atoms with Crippen LogP contribution in [0.2, 0.25) is 0 Å². The standard InChI is InChI=1S/C16H30N2O2/c1-12(19)13-6-10-18(11-7-13)15(20)17-14-4-8-16(2,3)9-5-14/h12-14,19H,4-11H2,1-3H3,(H,17,20). The summed E-state index contributed by atoms with van der Waals surface area (Å²) in [7, 11) is 0. The third kappa shape index (κ3) is 4.11. The van der Waals surface area contributed by atoms with Crippen LogP contribution in [0.1, 0.15) is 59.3 Å². The number of hydrogen-bond acceptors (Lipinski definition) is 2. The van der Waals surface area contributed by atoms with Crippen LogP contribution in [-0.2, 0) is 0 Å². The molecule has 2 aliphatic rings. The van der Waals surface area contributed by atoms with Crippen molar-refractivity contribution in [2.45, 2.75) is 71.4 Å². The topological polar surface area (TPSA) is 52.6 Å². The minimum absolute atomic E-state index is 0.0961. The van der Waals surface area contributed by atoms with Crippen LogP contribution in [0.15, 0.2) is 0 Å². The number of rotatable bonds is 2. The minimum Gasteiger partial charge on any atom is -0.393 e. The number of amides is 2.